The third-order valence-corrected chi connectivity index (χ3v) is 3.40. The normalized spacial score (nSPS) is 16.3. The molecule has 0 aromatic carbocycles. The maximum atomic E-state index is 11.8. The molecular weight excluding hydrogens is 294 g/mol. The number of rotatable bonds is 2. The van der Waals surface area contributed by atoms with Crippen LogP contribution in [0, 0.1) is 5.41 Å². The first-order valence-electron chi connectivity index (χ1n) is 6.04. The largest absolute Gasteiger partial charge is 0.352 e. The maximum Gasteiger partial charge on any atom is 0.225 e. The Morgan fingerprint density at radius 1 is 1.44 bits per heavy atom. The molecule has 0 atom stereocenters. The number of carbonyl (C=O) groups excluding carboxylic acids is 1. The highest BCUT2D eigenvalue weighted by molar-refractivity contribution is 9.10. The number of aromatic nitrogens is 1. The van der Waals surface area contributed by atoms with Crippen molar-refractivity contribution in [2.45, 2.75) is 26.8 Å². The van der Waals surface area contributed by atoms with Crippen molar-refractivity contribution < 1.29 is 4.79 Å². The molecule has 0 bridgehead atoms. The van der Waals surface area contributed by atoms with E-state index in [9.17, 15) is 4.79 Å². The molecule has 1 aliphatic heterocycles. The third kappa shape index (κ3) is 3.02. The summed E-state index contributed by atoms with van der Waals surface area (Å²) in [6.07, 6.45) is 1.79. The first-order chi connectivity index (χ1) is 8.36. The molecule has 1 saturated heterocycles. The highest BCUT2D eigenvalue weighted by Crippen LogP contribution is 2.21. The fourth-order valence-electron chi connectivity index (χ4n) is 1.71. The molecule has 18 heavy (non-hydrogen) atoms. The Labute approximate surface area is 116 Å². The highest BCUT2D eigenvalue weighted by Gasteiger charge is 2.31. The Kier molecular flexibility index (Phi) is 3.61. The number of nitrogens with one attached hydrogen (secondary N) is 1. The molecule has 0 radical (unpaired) electrons. The van der Waals surface area contributed by atoms with Crippen LogP contribution in [0.5, 0.6) is 0 Å². The van der Waals surface area contributed by atoms with E-state index >= 15 is 0 Å². The summed E-state index contributed by atoms with van der Waals surface area (Å²) in [6.45, 7) is 7.44. The van der Waals surface area contributed by atoms with E-state index < -0.39 is 0 Å². The molecule has 1 aliphatic rings. The number of anilines is 1. The van der Waals surface area contributed by atoms with Crippen molar-refractivity contribution in [3.05, 3.63) is 22.8 Å². The minimum atomic E-state index is -0.323. The zero-order valence-corrected chi connectivity index (χ0v) is 12.5. The van der Waals surface area contributed by atoms with Crippen molar-refractivity contribution in [1.82, 2.24) is 10.3 Å². The van der Waals surface area contributed by atoms with Crippen LogP contribution in [0.4, 0.5) is 5.82 Å². The Hall–Kier alpha value is -1.10. The van der Waals surface area contributed by atoms with Crippen molar-refractivity contribution >= 4 is 27.7 Å². The molecule has 5 heteroatoms. The van der Waals surface area contributed by atoms with E-state index in [1.807, 2.05) is 32.9 Å². The van der Waals surface area contributed by atoms with E-state index in [-0.39, 0.29) is 17.4 Å². The second-order valence-electron chi connectivity index (χ2n) is 5.66. The summed E-state index contributed by atoms with van der Waals surface area (Å²) in [7, 11) is 0. The second-order valence-corrected chi connectivity index (χ2v) is 6.58. The number of hydrogen-bond acceptors (Lipinski definition) is 3. The van der Waals surface area contributed by atoms with Gasteiger partial charge in [0.25, 0.3) is 0 Å². The van der Waals surface area contributed by atoms with Gasteiger partial charge in [-0.1, -0.05) is 20.8 Å². The van der Waals surface area contributed by atoms with Crippen LogP contribution in [-0.2, 0) is 4.79 Å². The lowest BCUT2D eigenvalue weighted by atomic mass is 9.94. The number of halogens is 1. The SMILES string of the molecule is CC(C)(C)C(=O)NC1CN(c2ccc(Br)cn2)C1. The number of pyridine rings is 1. The zero-order chi connectivity index (χ0) is 13.3. The van der Waals surface area contributed by atoms with Gasteiger partial charge in [-0.3, -0.25) is 4.79 Å². The molecular formula is C13H18BrN3O. The zero-order valence-electron chi connectivity index (χ0n) is 10.9. The van der Waals surface area contributed by atoms with Gasteiger partial charge in [-0.05, 0) is 28.1 Å². The monoisotopic (exact) mass is 311 g/mol. The lowest BCUT2D eigenvalue weighted by Gasteiger charge is -2.41. The van der Waals surface area contributed by atoms with Gasteiger partial charge in [-0.25, -0.2) is 4.98 Å². The summed E-state index contributed by atoms with van der Waals surface area (Å²) in [5.41, 5.74) is -0.323. The summed E-state index contributed by atoms with van der Waals surface area (Å²) < 4.78 is 0.976. The van der Waals surface area contributed by atoms with E-state index in [1.54, 1.807) is 6.20 Å². The van der Waals surface area contributed by atoms with E-state index in [0.29, 0.717) is 0 Å². The summed E-state index contributed by atoms with van der Waals surface area (Å²) in [5.74, 6) is 1.07. The van der Waals surface area contributed by atoms with Crippen LogP contribution < -0.4 is 10.2 Å². The van der Waals surface area contributed by atoms with Crippen molar-refractivity contribution in [2.75, 3.05) is 18.0 Å². The van der Waals surface area contributed by atoms with Gasteiger partial charge < -0.3 is 10.2 Å². The highest BCUT2D eigenvalue weighted by atomic mass is 79.9. The number of amides is 1. The van der Waals surface area contributed by atoms with Gasteiger partial charge in [0, 0.05) is 29.2 Å². The smallest absolute Gasteiger partial charge is 0.225 e. The Balaban J connectivity index is 1.84. The van der Waals surface area contributed by atoms with Gasteiger partial charge in [0.15, 0.2) is 0 Å². The van der Waals surface area contributed by atoms with Crippen LogP contribution in [0.3, 0.4) is 0 Å². The van der Waals surface area contributed by atoms with Crippen molar-refractivity contribution in [2.24, 2.45) is 5.41 Å². The average molecular weight is 312 g/mol. The Bertz CT molecular complexity index is 433. The Morgan fingerprint density at radius 3 is 2.61 bits per heavy atom. The lowest BCUT2D eigenvalue weighted by molar-refractivity contribution is -0.129. The van der Waals surface area contributed by atoms with E-state index in [1.165, 1.54) is 0 Å². The molecule has 1 N–H and O–H groups in total. The fraction of sp³-hybridized carbons (Fsp3) is 0.538. The molecule has 0 saturated carbocycles. The van der Waals surface area contributed by atoms with Crippen molar-refractivity contribution in [3.63, 3.8) is 0 Å². The van der Waals surface area contributed by atoms with Gasteiger partial charge in [0.05, 0.1) is 6.04 Å². The predicted octanol–water partition coefficient (Wildman–Crippen LogP) is 2.20. The Morgan fingerprint density at radius 2 is 2.11 bits per heavy atom. The summed E-state index contributed by atoms with van der Waals surface area (Å²) >= 11 is 3.36. The van der Waals surface area contributed by atoms with Gasteiger partial charge in [0.2, 0.25) is 5.91 Å². The number of hydrogen-bond donors (Lipinski definition) is 1. The summed E-state index contributed by atoms with van der Waals surface area (Å²) in [4.78, 5) is 18.3. The fourth-order valence-corrected chi connectivity index (χ4v) is 1.95. The van der Waals surface area contributed by atoms with Crippen LogP contribution >= 0.6 is 15.9 Å². The molecule has 0 unspecified atom stereocenters. The molecule has 1 aromatic rings. The summed E-state index contributed by atoms with van der Waals surface area (Å²) in [5, 5.41) is 3.05. The molecule has 1 fully saturated rings. The van der Waals surface area contributed by atoms with E-state index in [2.05, 4.69) is 31.1 Å². The molecule has 98 valence electrons. The second kappa shape index (κ2) is 4.88. The average Bonchev–Trinajstić information content (AvgIpc) is 2.23. The first kappa shape index (κ1) is 13.3. The van der Waals surface area contributed by atoms with Crippen LogP contribution in [-0.4, -0.2) is 30.0 Å². The van der Waals surface area contributed by atoms with Crippen LogP contribution in [0.15, 0.2) is 22.8 Å². The van der Waals surface area contributed by atoms with Crippen LogP contribution in [0.1, 0.15) is 20.8 Å². The van der Waals surface area contributed by atoms with Gasteiger partial charge in [0.1, 0.15) is 5.82 Å². The molecule has 0 spiro atoms. The minimum absolute atomic E-state index is 0.107. The third-order valence-electron chi connectivity index (χ3n) is 2.93. The van der Waals surface area contributed by atoms with Gasteiger partial charge >= 0.3 is 0 Å². The molecule has 4 nitrogen and oxygen atoms in total. The van der Waals surface area contributed by atoms with Crippen LogP contribution in [0.2, 0.25) is 0 Å². The first-order valence-corrected chi connectivity index (χ1v) is 6.83. The topological polar surface area (TPSA) is 45.2 Å². The molecule has 2 heterocycles. The quantitative estimate of drug-likeness (QED) is 0.910. The van der Waals surface area contributed by atoms with Gasteiger partial charge in [-0.15, -0.1) is 0 Å². The van der Waals surface area contributed by atoms with Crippen molar-refractivity contribution in [3.8, 4) is 0 Å². The number of carbonyl (C=O) groups is 1. The minimum Gasteiger partial charge on any atom is -0.352 e. The molecule has 0 aliphatic carbocycles. The predicted molar refractivity (Wildman–Crippen MR) is 75.5 cm³/mol. The standard InChI is InChI=1S/C13H18BrN3O/c1-13(2,3)12(18)16-10-7-17(8-10)11-5-4-9(14)6-15-11/h4-6,10H,7-8H2,1-3H3,(H,16,18). The lowest BCUT2D eigenvalue weighted by Crippen LogP contribution is -2.61. The van der Waals surface area contributed by atoms with Gasteiger partial charge in [-0.2, -0.15) is 0 Å². The summed E-state index contributed by atoms with van der Waals surface area (Å²) in [6, 6.07) is 4.19. The number of nitrogens with zero attached hydrogens (tertiary/aromatic N) is 2. The van der Waals surface area contributed by atoms with E-state index in [0.717, 1.165) is 23.4 Å². The van der Waals surface area contributed by atoms with E-state index in [4.69, 9.17) is 0 Å². The maximum absolute atomic E-state index is 11.8. The molecule has 1 aromatic heterocycles. The van der Waals surface area contributed by atoms with Crippen LogP contribution in [0.25, 0.3) is 0 Å². The molecule has 1 amide bonds. The molecule has 2 rings (SSSR count). The van der Waals surface area contributed by atoms with Crippen molar-refractivity contribution in [1.29, 1.82) is 0 Å².